The molecule has 0 unspecified atom stereocenters. The lowest BCUT2D eigenvalue weighted by Crippen LogP contribution is -2.28. The van der Waals surface area contributed by atoms with Gasteiger partial charge in [0.2, 0.25) is 0 Å². The Morgan fingerprint density at radius 2 is 1.95 bits per heavy atom. The Labute approximate surface area is 125 Å². The minimum atomic E-state index is -3.17. The van der Waals surface area contributed by atoms with E-state index in [9.17, 15) is 8.42 Å². The van der Waals surface area contributed by atoms with Crippen molar-refractivity contribution in [2.45, 2.75) is 18.1 Å². The molecule has 2 rings (SSSR count). The smallest absolute Gasteiger partial charge is 0.154 e. The molecule has 0 spiro atoms. The maximum Gasteiger partial charge on any atom is 0.154 e. The Hall–Kier alpha value is -0.620. The van der Waals surface area contributed by atoms with Crippen LogP contribution < -0.4 is 5.73 Å². The van der Waals surface area contributed by atoms with E-state index in [0.29, 0.717) is 11.6 Å². The molecule has 0 aliphatic heterocycles. The van der Waals surface area contributed by atoms with E-state index < -0.39 is 20.5 Å². The van der Waals surface area contributed by atoms with Crippen molar-refractivity contribution >= 4 is 21.4 Å². The number of ether oxygens (including phenoxy) is 1. The van der Waals surface area contributed by atoms with Crippen LogP contribution in [-0.2, 0) is 14.6 Å². The van der Waals surface area contributed by atoms with E-state index in [4.69, 9.17) is 22.1 Å². The van der Waals surface area contributed by atoms with Crippen LogP contribution in [0.25, 0.3) is 0 Å². The molecule has 3 atom stereocenters. The summed E-state index contributed by atoms with van der Waals surface area (Å²) in [4.78, 5) is 0. The first-order valence-corrected chi connectivity index (χ1v) is 8.68. The predicted octanol–water partition coefficient (Wildman–Crippen LogP) is 1.83. The summed E-state index contributed by atoms with van der Waals surface area (Å²) < 4.78 is 29.9. The first kappa shape index (κ1) is 15.8. The van der Waals surface area contributed by atoms with Gasteiger partial charge in [0.05, 0.1) is 11.9 Å². The fraction of sp³-hybridized carbons (Fsp3) is 0.571. The highest BCUT2D eigenvalue weighted by molar-refractivity contribution is 7.92. The third-order valence-corrected chi connectivity index (χ3v) is 6.76. The second-order valence-corrected chi connectivity index (χ2v) is 8.12. The zero-order valence-electron chi connectivity index (χ0n) is 11.7. The van der Waals surface area contributed by atoms with Crippen LogP contribution in [0.1, 0.15) is 18.4 Å². The van der Waals surface area contributed by atoms with Gasteiger partial charge in [-0.15, -0.1) is 0 Å². The number of nitrogens with two attached hydrogens (primary N) is 1. The fourth-order valence-corrected chi connectivity index (χ4v) is 5.39. The number of rotatable bonds is 6. The molecule has 0 heterocycles. The molecular weight excluding hydrogens is 298 g/mol. The molecule has 1 aliphatic carbocycles. The van der Waals surface area contributed by atoms with Crippen LogP contribution in [0.2, 0.25) is 5.02 Å². The Morgan fingerprint density at radius 3 is 2.40 bits per heavy atom. The second kappa shape index (κ2) is 5.64. The zero-order chi connectivity index (χ0) is 15.0. The van der Waals surface area contributed by atoms with Crippen molar-refractivity contribution < 1.29 is 13.2 Å². The Kier molecular flexibility index (Phi) is 4.44. The summed E-state index contributed by atoms with van der Waals surface area (Å²) in [5.41, 5.74) is 6.32. The van der Waals surface area contributed by atoms with Crippen LogP contribution in [0.3, 0.4) is 0 Å². The summed E-state index contributed by atoms with van der Waals surface area (Å²) in [7, 11) is -1.59. The summed E-state index contributed by atoms with van der Waals surface area (Å²) in [6.45, 7) is 2.30. The lowest BCUT2D eigenvalue weighted by molar-refractivity contribution is 0.142. The maximum atomic E-state index is 12.3. The molecule has 6 heteroatoms. The highest BCUT2D eigenvalue weighted by Gasteiger charge is 2.69. The van der Waals surface area contributed by atoms with E-state index in [1.54, 1.807) is 26.2 Å². The fourth-order valence-electron chi connectivity index (χ4n) is 3.12. The molecular formula is C14H20ClNO3S. The normalized spacial score (nSPS) is 29.4. The Balaban J connectivity index is 2.42. The Bertz CT molecular complexity index is 573. The van der Waals surface area contributed by atoms with Gasteiger partial charge in [0.15, 0.2) is 9.84 Å². The molecule has 1 aromatic rings. The molecule has 1 fully saturated rings. The summed E-state index contributed by atoms with van der Waals surface area (Å²) >= 11 is 5.89. The first-order valence-electron chi connectivity index (χ1n) is 6.59. The number of hydrogen-bond acceptors (Lipinski definition) is 4. The summed E-state index contributed by atoms with van der Waals surface area (Å²) in [5.74, 6) is 0.00223. The van der Waals surface area contributed by atoms with Crippen molar-refractivity contribution in [2.75, 3.05) is 26.0 Å². The molecule has 0 saturated heterocycles. The average molecular weight is 318 g/mol. The maximum absolute atomic E-state index is 12.3. The van der Waals surface area contributed by atoms with Crippen molar-refractivity contribution in [3.05, 3.63) is 34.9 Å². The molecule has 0 amide bonds. The molecule has 0 aromatic heterocycles. The molecule has 1 aromatic carbocycles. The number of hydrogen-bond donors (Lipinski definition) is 1. The van der Waals surface area contributed by atoms with E-state index in [1.165, 1.54) is 0 Å². The van der Waals surface area contributed by atoms with E-state index in [-0.39, 0.29) is 18.2 Å². The second-order valence-electron chi connectivity index (χ2n) is 5.27. The van der Waals surface area contributed by atoms with Crippen LogP contribution in [0.4, 0.5) is 0 Å². The van der Waals surface area contributed by atoms with Gasteiger partial charge in [-0.05, 0) is 17.7 Å². The number of sulfone groups is 1. The number of halogens is 1. The van der Waals surface area contributed by atoms with Crippen molar-refractivity contribution in [1.29, 1.82) is 0 Å². The minimum Gasteiger partial charge on any atom is -0.384 e. The van der Waals surface area contributed by atoms with Crippen molar-refractivity contribution in [1.82, 2.24) is 0 Å². The van der Waals surface area contributed by atoms with Gasteiger partial charge in [0.25, 0.3) is 0 Å². The molecule has 1 aliphatic rings. The summed E-state index contributed by atoms with van der Waals surface area (Å²) in [6, 6.07) is 7.30. The van der Waals surface area contributed by atoms with Crippen molar-refractivity contribution in [2.24, 2.45) is 11.1 Å². The molecule has 2 N–H and O–H groups in total. The van der Waals surface area contributed by atoms with Crippen LogP contribution in [-0.4, -0.2) is 39.7 Å². The number of methoxy groups -OCH3 is 1. The summed E-state index contributed by atoms with van der Waals surface area (Å²) in [6.07, 6.45) is 0. The van der Waals surface area contributed by atoms with E-state index in [0.717, 1.165) is 5.56 Å². The third-order valence-electron chi connectivity index (χ3n) is 4.19. The monoisotopic (exact) mass is 317 g/mol. The predicted molar refractivity (Wildman–Crippen MR) is 80.8 cm³/mol. The largest absolute Gasteiger partial charge is 0.384 e. The standard InChI is InChI=1S/C14H20ClNO3S/c1-3-20(17,18)13-12(14(13,8-16)9-19-2)10-4-6-11(15)7-5-10/h4-7,12-13H,3,8-9,16H2,1-2H3/t12-,13+,14+/m0/s1. The van der Waals surface area contributed by atoms with E-state index in [2.05, 4.69) is 0 Å². The average Bonchev–Trinajstić information content (AvgIpc) is 3.10. The molecule has 0 bridgehead atoms. The lowest BCUT2D eigenvalue weighted by atomic mass is 10.0. The highest BCUT2D eigenvalue weighted by Crippen LogP contribution is 2.62. The quantitative estimate of drug-likeness (QED) is 0.869. The molecule has 112 valence electrons. The van der Waals surface area contributed by atoms with Crippen LogP contribution in [0.15, 0.2) is 24.3 Å². The van der Waals surface area contributed by atoms with Crippen LogP contribution in [0.5, 0.6) is 0 Å². The third kappa shape index (κ3) is 2.48. The zero-order valence-corrected chi connectivity index (χ0v) is 13.2. The van der Waals surface area contributed by atoms with Gasteiger partial charge in [-0.25, -0.2) is 8.42 Å². The highest BCUT2D eigenvalue weighted by atomic mass is 35.5. The van der Waals surface area contributed by atoms with Gasteiger partial charge in [-0.2, -0.15) is 0 Å². The first-order chi connectivity index (χ1) is 9.43. The minimum absolute atomic E-state index is 0.116. The van der Waals surface area contributed by atoms with Gasteiger partial charge in [0, 0.05) is 35.8 Å². The summed E-state index contributed by atoms with van der Waals surface area (Å²) in [5, 5.41) is 0.167. The van der Waals surface area contributed by atoms with Crippen molar-refractivity contribution in [3.8, 4) is 0 Å². The SMILES string of the molecule is CCS(=O)(=O)[C@@H]1[C@H](c2ccc(Cl)cc2)[C@@]1(CN)COC. The molecule has 4 nitrogen and oxygen atoms in total. The Morgan fingerprint density at radius 1 is 1.35 bits per heavy atom. The van der Waals surface area contributed by atoms with Crippen LogP contribution in [0, 0.1) is 5.41 Å². The lowest BCUT2D eigenvalue weighted by Gasteiger charge is -2.14. The molecule has 0 radical (unpaired) electrons. The van der Waals surface area contributed by atoms with E-state index in [1.807, 2.05) is 12.1 Å². The van der Waals surface area contributed by atoms with E-state index >= 15 is 0 Å². The topological polar surface area (TPSA) is 69.4 Å². The van der Waals surface area contributed by atoms with Crippen molar-refractivity contribution in [3.63, 3.8) is 0 Å². The molecule has 1 saturated carbocycles. The molecule has 20 heavy (non-hydrogen) atoms. The number of benzene rings is 1. The van der Waals surface area contributed by atoms with Gasteiger partial charge in [-0.1, -0.05) is 30.7 Å². The van der Waals surface area contributed by atoms with Crippen LogP contribution >= 0.6 is 11.6 Å². The van der Waals surface area contributed by atoms with Gasteiger partial charge < -0.3 is 10.5 Å². The van der Waals surface area contributed by atoms with Gasteiger partial charge in [-0.3, -0.25) is 0 Å². The van der Waals surface area contributed by atoms with Gasteiger partial charge >= 0.3 is 0 Å². The van der Waals surface area contributed by atoms with Gasteiger partial charge in [0.1, 0.15) is 0 Å².